The number of carbonyl (C=O) groups excluding carboxylic acids is 3. The SMILES string of the molecule is CC(=O)N[C@@H](Cc1cnc[nH]1)C(=O)CC(N)=O. The molecule has 0 radical (unpaired) electrons. The Labute approximate surface area is 97.8 Å². The zero-order valence-electron chi connectivity index (χ0n) is 9.40. The minimum Gasteiger partial charge on any atom is -0.369 e. The van der Waals surface area contributed by atoms with E-state index in [-0.39, 0.29) is 18.7 Å². The van der Waals surface area contributed by atoms with Crippen LogP contribution in [0.3, 0.4) is 0 Å². The number of nitrogens with one attached hydrogen (secondary N) is 2. The summed E-state index contributed by atoms with van der Waals surface area (Å²) in [7, 11) is 0. The van der Waals surface area contributed by atoms with Crippen molar-refractivity contribution in [2.75, 3.05) is 0 Å². The average Bonchev–Trinajstić information content (AvgIpc) is 2.67. The van der Waals surface area contributed by atoms with Gasteiger partial charge in [0.25, 0.3) is 0 Å². The van der Waals surface area contributed by atoms with Gasteiger partial charge in [-0.1, -0.05) is 0 Å². The maximum Gasteiger partial charge on any atom is 0.224 e. The van der Waals surface area contributed by atoms with Crippen molar-refractivity contribution in [3.8, 4) is 0 Å². The van der Waals surface area contributed by atoms with Crippen LogP contribution in [0.2, 0.25) is 0 Å². The summed E-state index contributed by atoms with van der Waals surface area (Å²) in [6, 6.07) is -0.763. The molecule has 0 aliphatic rings. The quantitative estimate of drug-likeness (QED) is 0.545. The Balaban J connectivity index is 2.69. The Morgan fingerprint density at radius 2 is 2.24 bits per heavy atom. The van der Waals surface area contributed by atoms with Crippen molar-refractivity contribution in [3.63, 3.8) is 0 Å². The summed E-state index contributed by atoms with van der Waals surface area (Å²) in [4.78, 5) is 39.9. The van der Waals surface area contributed by atoms with Gasteiger partial charge in [-0.3, -0.25) is 14.4 Å². The highest BCUT2D eigenvalue weighted by molar-refractivity contribution is 6.01. The number of Topliss-reactive ketones (excluding diaryl/α,β-unsaturated/α-hetero) is 1. The molecule has 7 heteroatoms. The summed E-state index contributed by atoms with van der Waals surface area (Å²) in [6.45, 7) is 1.30. The fraction of sp³-hybridized carbons (Fsp3) is 0.400. The Morgan fingerprint density at radius 3 is 2.71 bits per heavy atom. The minimum absolute atomic E-state index is 0.256. The highest BCUT2D eigenvalue weighted by Gasteiger charge is 2.21. The first kappa shape index (κ1) is 12.9. The van der Waals surface area contributed by atoms with Crippen molar-refractivity contribution >= 4 is 17.6 Å². The van der Waals surface area contributed by atoms with E-state index in [9.17, 15) is 14.4 Å². The normalized spacial score (nSPS) is 11.8. The third-order valence-electron chi connectivity index (χ3n) is 2.09. The number of nitrogens with two attached hydrogens (primary N) is 1. The molecule has 1 rings (SSSR count). The summed E-state index contributed by atoms with van der Waals surface area (Å²) in [5.74, 6) is -1.47. The smallest absolute Gasteiger partial charge is 0.224 e. The Kier molecular flexibility index (Phi) is 4.38. The zero-order chi connectivity index (χ0) is 12.8. The predicted octanol–water partition coefficient (Wildman–Crippen LogP) is -1.10. The highest BCUT2D eigenvalue weighted by Crippen LogP contribution is 2.02. The Hall–Kier alpha value is -2.18. The van der Waals surface area contributed by atoms with Gasteiger partial charge in [0, 0.05) is 25.2 Å². The first-order chi connectivity index (χ1) is 7.99. The predicted molar refractivity (Wildman–Crippen MR) is 58.7 cm³/mol. The molecule has 0 aromatic carbocycles. The summed E-state index contributed by atoms with van der Waals surface area (Å²) in [6.07, 6.45) is 2.88. The maximum absolute atomic E-state index is 11.7. The number of amides is 2. The lowest BCUT2D eigenvalue weighted by molar-refractivity contribution is -0.130. The van der Waals surface area contributed by atoms with Gasteiger partial charge in [0.15, 0.2) is 5.78 Å². The van der Waals surface area contributed by atoms with Crippen LogP contribution in [0.25, 0.3) is 0 Å². The van der Waals surface area contributed by atoms with Crippen molar-refractivity contribution in [1.82, 2.24) is 15.3 Å². The van der Waals surface area contributed by atoms with E-state index in [0.29, 0.717) is 5.69 Å². The molecule has 1 atom stereocenters. The molecular formula is C10H14N4O3. The van der Waals surface area contributed by atoms with Gasteiger partial charge in [-0.15, -0.1) is 0 Å². The lowest BCUT2D eigenvalue weighted by Gasteiger charge is -2.14. The number of aromatic nitrogens is 2. The molecule has 0 aliphatic carbocycles. The van der Waals surface area contributed by atoms with Crippen LogP contribution in [0.15, 0.2) is 12.5 Å². The molecule has 4 N–H and O–H groups in total. The van der Waals surface area contributed by atoms with Crippen molar-refractivity contribution < 1.29 is 14.4 Å². The van der Waals surface area contributed by atoms with E-state index >= 15 is 0 Å². The number of primary amides is 1. The molecule has 17 heavy (non-hydrogen) atoms. The molecule has 0 bridgehead atoms. The van der Waals surface area contributed by atoms with E-state index in [4.69, 9.17) is 5.73 Å². The van der Waals surface area contributed by atoms with Crippen molar-refractivity contribution in [1.29, 1.82) is 0 Å². The van der Waals surface area contributed by atoms with E-state index in [1.165, 1.54) is 13.3 Å². The third-order valence-corrected chi connectivity index (χ3v) is 2.09. The van der Waals surface area contributed by atoms with Gasteiger partial charge in [-0.25, -0.2) is 4.98 Å². The molecule has 0 spiro atoms. The van der Waals surface area contributed by atoms with E-state index in [1.54, 1.807) is 6.20 Å². The number of nitrogens with zero attached hydrogens (tertiary/aromatic N) is 1. The topological polar surface area (TPSA) is 118 Å². The van der Waals surface area contributed by atoms with E-state index in [0.717, 1.165) is 0 Å². The number of H-pyrrole nitrogens is 1. The lowest BCUT2D eigenvalue weighted by Crippen LogP contribution is -2.42. The van der Waals surface area contributed by atoms with Crippen LogP contribution in [0, 0.1) is 0 Å². The van der Waals surface area contributed by atoms with Crippen LogP contribution in [0.1, 0.15) is 19.0 Å². The molecule has 0 unspecified atom stereocenters. The first-order valence-corrected chi connectivity index (χ1v) is 5.04. The van der Waals surface area contributed by atoms with Crippen molar-refractivity contribution in [2.45, 2.75) is 25.8 Å². The van der Waals surface area contributed by atoms with Gasteiger partial charge in [0.2, 0.25) is 11.8 Å². The Bertz CT molecular complexity index is 413. The summed E-state index contributed by atoms with van der Waals surface area (Å²) < 4.78 is 0. The molecule has 0 saturated carbocycles. The number of aromatic amines is 1. The first-order valence-electron chi connectivity index (χ1n) is 5.04. The Morgan fingerprint density at radius 1 is 1.53 bits per heavy atom. The number of ketones is 1. The fourth-order valence-electron chi connectivity index (χ4n) is 1.40. The number of rotatable bonds is 6. The van der Waals surface area contributed by atoms with E-state index in [1.807, 2.05) is 0 Å². The monoisotopic (exact) mass is 238 g/mol. The molecule has 92 valence electrons. The molecule has 1 heterocycles. The van der Waals surface area contributed by atoms with E-state index < -0.39 is 17.7 Å². The van der Waals surface area contributed by atoms with Gasteiger partial charge < -0.3 is 16.0 Å². The second kappa shape index (κ2) is 5.78. The van der Waals surface area contributed by atoms with Gasteiger partial charge in [0.1, 0.15) is 0 Å². The fourth-order valence-corrected chi connectivity index (χ4v) is 1.40. The van der Waals surface area contributed by atoms with Crippen LogP contribution < -0.4 is 11.1 Å². The van der Waals surface area contributed by atoms with Crippen molar-refractivity contribution in [2.24, 2.45) is 5.73 Å². The zero-order valence-corrected chi connectivity index (χ0v) is 9.40. The molecular weight excluding hydrogens is 224 g/mol. The van der Waals surface area contributed by atoms with Crippen molar-refractivity contribution in [3.05, 3.63) is 18.2 Å². The van der Waals surface area contributed by atoms with Gasteiger partial charge >= 0.3 is 0 Å². The minimum atomic E-state index is -0.763. The molecule has 0 saturated heterocycles. The summed E-state index contributed by atoms with van der Waals surface area (Å²) >= 11 is 0. The summed E-state index contributed by atoms with van der Waals surface area (Å²) in [5.41, 5.74) is 5.64. The molecule has 2 amide bonds. The lowest BCUT2D eigenvalue weighted by atomic mass is 10.0. The number of imidazole rings is 1. The molecule has 1 aromatic rings. The second-order valence-electron chi connectivity index (χ2n) is 3.64. The third kappa shape index (κ3) is 4.45. The van der Waals surface area contributed by atoms with E-state index in [2.05, 4.69) is 15.3 Å². The summed E-state index contributed by atoms with van der Waals surface area (Å²) in [5, 5.41) is 2.48. The number of carbonyl (C=O) groups is 3. The van der Waals surface area contributed by atoms with Crippen LogP contribution in [0.5, 0.6) is 0 Å². The van der Waals surface area contributed by atoms with Crippen LogP contribution >= 0.6 is 0 Å². The van der Waals surface area contributed by atoms with Crippen LogP contribution in [0.4, 0.5) is 0 Å². The maximum atomic E-state index is 11.7. The standard InChI is InChI=1S/C10H14N4O3/c1-6(15)14-8(9(16)3-10(11)17)2-7-4-12-5-13-7/h4-5,8H,2-3H2,1H3,(H2,11,17)(H,12,13)(H,14,15)/t8-/m0/s1. The van der Waals surface area contributed by atoms with Crippen LogP contribution in [-0.4, -0.2) is 33.6 Å². The molecule has 0 fully saturated rings. The number of hydrogen-bond donors (Lipinski definition) is 3. The van der Waals surface area contributed by atoms with Crippen LogP contribution in [-0.2, 0) is 20.8 Å². The van der Waals surface area contributed by atoms with Gasteiger partial charge in [-0.05, 0) is 0 Å². The molecule has 0 aliphatic heterocycles. The second-order valence-corrected chi connectivity index (χ2v) is 3.64. The molecule has 7 nitrogen and oxygen atoms in total. The average molecular weight is 238 g/mol. The number of hydrogen-bond acceptors (Lipinski definition) is 4. The van der Waals surface area contributed by atoms with Gasteiger partial charge in [0.05, 0.1) is 18.8 Å². The highest BCUT2D eigenvalue weighted by atomic mass is 16.2. The molecule has 1 aromatic heterocycles. The largest absolute Gasteiger partial charge is 0.369 e. The van der Waals surface area contributed by atoms with Gasteiger partial charge in [-0.2, -0.15) is 0 Å².